The summed E-state index contributed by atoms with van der Waals surface area (Å²) in [6.07, 6.45) is 4.39. The van der Waals surface area contributed by atoms with Gasteiger partial charge in [-0.15, -0.1) is 35.3 Å². The van der Waals surface area contributed by atoms with Crippen LogP contribution in [0.1, 0.15) is 11.1 Å². The molecule has 0 unspecified atom stereocenters. The standard InChI is InChI=1S/C16H14S5/c1-17-14-15(18-2)21-16(20-14)13-8-11-6-4-3-5-10(11)7-12(13)9-19-16/h3-8H,9H2,1-2H3. The highest BCUT2D eigenvalue weighted by atomic mass is 32.3. The van der Waals surface area contributed by atoms with Crippen molar-refractivity contribution >= 4 is 69.6 Å². The molecule has 2 aromatic carbocycles. The van der Waals surface area contributed by atoms with Crippen LogP contribution in [0.4, 0.5) is 0 Å². The molecule has 5 heteroatoms. The molecule has 0 atom stereocenters. The van der Waals surface area contributed by atoms with Crippen LogP contribution in [0.15, 0.2) is 44.9 Å². The fourth-order valence-corrected chi connectivity index (χ4v) is 10.8. The van der Waals surface area contributed by atoms with Crippen LogP contribution in [0, 0.1) is 0 Å². The summed E-state index contributed by atoms with van der Waals surface area (Å²) in [4.78, 5) is 0. The summed E-state index contributed by atoms with van der Waals surface area (Å²) in [6, 6.07) is 13.5. The van der Waals surface area contributed by atoms with Gasteiger partial charge in [-0.3, -0.25) is 0 Å². The van der Waals surface area contributed by atoms with Crippen LogP contribution in [0.5, 0.6) is 0 Å². The average molecular weight is 367 g/mol. The SMILES string of the molecule is CSC1=C(SC)SC2(SCc3cc4ccccc4cc32)S1. The highest BCUT2D eigenvalue weighted by Crippen LogP contribution is 2.72. The third kappa shape index (κ3) is 2.36. The molecule has 0 N–H and O–H groups in total. The molecule has 108 valence electrons. The quantitative estimate of drug-likeness (QED) is 0.591. The Morgan fingerprint density at radius 3 is 2.19 bits per heavy atom. The van der Waals surface area contributed by atoms with Gasteiger partial charge >= 0.3 is 0 Å². The summed E-state index contributed by atoms with van der Waals surface area (Å²) in [5.74, 6) is 1.13. The molecule has 0 nitrogen and oxygen atoms in total. The van der Waals surface area contributed by atoms with Crippen LogP contribution in [0.25, 0.3) is 10.8 Å². The Bertz CT molecular complexity index is 733. The second-order valence-electron chi connectivity index (χ2n) is 4.89. The van der Waals surface area contributed by atoms with Gasteiger partial charge in [0.05, 0.1) is 8.47 Å². The van der Waals surface area contributed by atoms with Crippen LogP contribution in [0.2, 0.25) is 0 Å². The lowest BCUT2D eigenvalue weighted by atomic mass is 10.0. The van der Waals surface area contributed by atoms with Gasteiger partial charge in [0.2, 0.25) is 0 Å². The van der Waals surface area contributed by atoms with Crippen molar-refractivity contribution in [3.8, 4) is 0 Å². The highest BCUT2D eigenvalue weighted by Gasteiger charge is 2.47. The zero-order valence-electron chi connectivity index (χ0n) is 11.7. The van der Waals surface area contributed by atoms with Crippen LogP contribution in [-0.4, -0.2) is 12.5 Å². The molecule has 0 saturated carbocycles. The van der Waals surface area contributed by atoms with Gasteiger partial charge in [0, 0.05) is 5.75 Å². The Labute approximate surface area is 146 Å². The number of thioether (sulfide) groups is 5. The zero-order valence-corrected chi connectivity index (χ0v) is 15.8. The molecule has 2 aliphatic rings. The first-order chi connectivity index (χ1) is 10.3. The first kappa shape index (κ1) is 14.8. The van der Waals surface area contributed by atoms with Gasteiger partial charge < -0.3 is 0 Å². The van der Waals surface area contributed by atoms with E-state index in [9.17, 15) is 0 Å². The molecule has 4 rings (SSSR count). The molecule has 0 saturated heterocycles. The molecule has 21 heavy (non-hydrogen) atoms. The van der Waals surface area contributed by atoms with E-state index in [4.69, 9.17) is 0 Å². The van der Waals surface area contributed by atoms with Crippen LogP contribution >= 0.6 is 58.8 Å². The first-order valence-electron chi connectivity index (χ1n) is 6.62. The van der Waals surface area contributed by atoms with Crippen molar-refractivity contribution < 1.29 is 0 Å². The predicted molar refractivity (Wildman–Crippen MR) is 106 cm³/mol. The number of benzene rings is 2. The lowest BCUT2D eigenvalue weighted by Crippen LogP contribution is -2.05. The van der Waals surface area contributed by atoms with Gasteiger partial charge in [0.1, 0.15) is 3.41 Å². The van der Waals surface area contributed by atoms with Crippen molar-refractivity contribution in [2.45, 2.75) is 9.16 Å². The molecule has 1 spiro atoms. The third-order valence-electron chi connectivity index (χ3n) is 3.71. The number of hydrogen-bond acceptors (Lipinski definition) is 5. The maximum absolute atomic E-state index is 2.42. The minimum atomic E-state index is 0.149. The van der Waals surface area contributed by atoms with Crippen molar-refractivity contribution in [2.24, 2.45) is 0 Å². The number of rotatable bonds is 2. The topological polar surface area (TPSA) is 0 Å². The zero-order chi connectivity index (χ0) is 14.4. The Kier molecular flexibility index (Phi) is 3.99. The minimum absolute atomic E-state index is 0.149. The van der Waals surface area contributed by atoms with E-state index in [0.29, 0.717) is 0 Å². The fourth-order valence-electron chi connectivity index (χ4n) is 2.71. The summed E-state index contributed by atoms with van der Waals surface area (Å²) in [5.41, 5.74) is 3.04. The highest BCUT2D eigenvalue weighted by molar-refractivity contribution is 8.45. The van der Waals surface area contributed by atoms with Crippen molar-refractivity contribution in [1.82, 2.24) is 0 Å². The maximum Gasteiger partial charge on any atom is 0.143 e. The Balaban J connectivity index is 1.82. The lowest BCUT2D eigenvalue weighted by molar-refractivity contribution is 1.31. The van der Waals surface area contributed by atoms with E-state index < -0.39 is 0 Å². The number of hydrogen-bond donors (Lipinski definition) is 0. The Morgan fingerprint density at radius 2 is 1.57 bits per heavy atom. The smallest absolute Gasteiger partial charge is 0.123 e. The van der Waals surface area contributed by atoms with Gasteiger partial charge in [0.25, 0.3) is 0 Å². The molecule has 0 bridgehead atoms. The summed E-state index contributed by atoms with van der Waals surface area (Å²) in [6.45, 7) is 0. The normalized spacial score (nSPS) is 19.7. The molecule has 0 radical (unpaired) electrons. The monoisotopic (exact) mass is 366 g/mol. The molecule has 0 aromatic heterocycles. The molecule has 0 amide bonds. The van der Waals surface area contributed by atoms with E-state index in [1.165, 1.54) is 30.4 Å². The summed E-state index contributed by atoms with van der Waals surface area (Å²) in [5, 5.41) is 2.73. The van der Waals surface area contributed by atoms with Crippen molar-refractivity contribution in [3.05, 3.63) is 56.0 Å². The molecular weight excluding hydrogens is 353 g/mol. The van der Waals surface area contributed by atoms with E-state index >= 15 is 0 Å². The van der Waals surface area contributed by atoms with Crippen molar-refractivity contribution in [1.29, 1.82) is 0 Å². The van der Waals surface area contributed by atoms with Crippen LogP contribution < -0.4 is 0 Å². The fraction of sp³-hybridized carbons (Fsp3) is 0.250. The van der Waals surface area contributed by atoms with E-state index in [2.05, 4.69) is 84.2 Å². The minimum Gasteiger partial charge on any atom is -0.123 e. The van der Waals surface area contributed by atoms with Gasteiger partial charge in [-0.25, -0.2) is 0 Å². The van der Waals surface area contributed by atoms with E-state index in [1.807, 2.05) is 23.5 Å². The second-order valence-corrected chi connectivity index (χ2v) is 11.5. The van der Waals surface area contributed by atoms with Gasteiger partial charge in [-0.2, -0.15) is 0 Å². The molecule has 0 aliphatic carbocycles. The van der Waals surface area contributed by atoms with Gasteiger partial charge in [0.15, 0.2) is 0 Å². The van der Waals surface area contributed by atoms with E-state index in [-0.39, 0.29) is 3.41 Å². The van der Waals surface area contributed by atoms with E-state index in [1.54, 1.807) is 0 Å². The molecule has 2 heterocycles. The Hall–Kier alpha value is 0.190. The van der Waals surface area contributed by atoms with Crippen molar-refractivity contribution in [3.63, 3.8) is 0 Å². The van der Waals surface area contributed by atoms with Crippen LogP contribution in [0.3, 0.4) is 0 Å². The second kappa shape index (κ2) is 5.68. The molecule has 2 aliphatic heterocycles. The molecular formula is C16H14S5. The third-order valence-corrected chi connectivity index (χ3v) is 11.4. The first-order valence-corrected chi connectivity index (χ1v) is 11.7. The van der Waals surface area contributed by atoms with E-state index in [0.717, 1.165) is 5.75 Å². The van der Waals surface area contributed by atoms with Gasteiger partial charge in [-0.05, 0) is 46.5 Å². The maximum atomic E-state index is 2.42. The van der Waals surface area contributed by atoms with Crippen molar-refractivity contribution in [2.75, 3.05) is 12.5 Å². The molecule has 0 fully saturated rings. The van der Waals surface area contributed by atoms with Gasteiger partial charge in [-0.1, -0.05) is 47.8 Å². The molecule has 2 aromatic rings. The predicted octanol–water partition coefficient (Wildman–Crippen LogP) is 6.53. The summed E-state index contributed by atoms with van der Waals surface area (Å²) < 4.78 is 3.12. The lowest BCUT2D eigenvalue weighted by Gasteiger charge is -2.22. The Morgan fingerprint density at radius 1 is 0.952 bits per heavy atom. The summed E-state index contributed by atoms with van der Waals surface area (Å²) in [7, 11) is 0. The van der Waals surface area contributed by atoms with Crippen LogP contribution in [-0.2, 0) is 9.16 Å². The summed E-state index contributed by atoms with van der Waals surface area (Å²) >= 11 is 9.98. The number of fused-ring (bicyclic) bond motifs is 3. The average Bonchev–Trinajstić information content (AvgIpc) is 3.07. The largest absolute Gasteiger partial charge is 0.143 e.